The highest BCUT2D eigenvalue weighted by Crippen LogP contribution is 2.16. The minimum absolute atomic E-state index is 0.219. The van der Waals surface area contributed by atoms with Crippen LogP contribution in [0.15, 0.2) is 82.4 Å². The van der Waals surface area contributed by atoms with Gasteiger partial charge in [0.2, 0.25) is 0 Å². The molecule has 0 bridgehead atoms. The molecule has 2 N–H and O–H groups in total. The Labute approximate surface area is 211 Å². The van der Waals surface area contributed by atoms with Gasteiger partial charge in [0, 0.05) is 10.0 Å². The summed E-state index contributed by atoms with van der Waals surface area (Å²) in [5, 5.41) is 6.40. The number of hydrogen-bond donors (Lipinski definition) is 2. The third kappa shape index (κ3) is 8.38. The van der Waals surface area contributed by atoms with E-state index in [1.54, 1.807) is 72.8 Å². The first kappa shape index (κ1) is 25.6. The molecule has 0 aliphatic rings. The molecule has 8 nitrogen and oxygen atoms in total. The van der Waals surface area contributed by atoms with Crippen LogP contribution in [0.3, 0.4) is 0 Å². The number of benzene rings is 3. The maximum atomic E-state index is 12.3. The molecule has 0 radical (unpaired) electrons. The first-order chi connectivity index (χ1) is 16.9. The Balaban J connectivity index is 1.43. The fourth-order valence-electron chi connectivity index (χ4n) is 2.81. The van der Waals surface area contributed by atoms with Crippen LogP contribution in [-0.4, -0.2) is 37.1 Å². The van der Waals surface area contributed by atoms with Gasteiger partial charge in [0.25, 0.3) is 11.8 Å². The van der Waals surface area contributed by atoms with Gasteiger partial charge in [-0.15, -0.1) is 0 Å². The number of rotatable bonds is 10. The highest BCUT2D eigenvalue weighted by molar-refractivity contribution is 9.10. The Morgan fingerprint density at radius 1 is 0.943 bits per heavy atom. The monoisotopic (exact) mass is 537 g/mol. The quantitative estimate of drug-likeness (QED) is 0.173. The number of hydrogen-bond acceptors (Lipinski definition) is 6. The summed E-state index contributed by atoms with van der Waals surface area (Å²) in [6, 6.07) is 20.2. The van der Waals surface area contributed by atoms with E-state index in [2.05, 4.69) is 31.8 Å². The summed E-state index contributed by atoms with van der Waals surface area (Å²) in [7, 11) is 0. The summed E-state index contributed by atoms with van der Waals surface area (Å²) >= 11 is 3.30. The van der Waals surface area contributed by atoms with Gasteiger partial charge in [-0.2, -0.15) is 5.10 Å². The third-order valence-electron chi connectivity index (χ3n) is 4.55. The van der Waals surface area contributed by atoms with E-state index in [0.29, 0.717) is 34.8 Å². The number of ether oxygens (including phenoxy) is 2. The Morgan fingerprint density at radius 2 is 1.66 bits per heavy atom. The topological polar surface area (TPSA) is 106 Å². The molecule has 0 unspecified atom stereocenters. The molecule has 0 saturated carbocycles. The lowest BCUT2D eigenvalue weighted by atomic mass is 10.2. The lowest BCUT2D eigenvalue weighted by molar-refractivity contribution is -0.120. The summed E-state index contributed by atoms with van der Waals surface area (Å²) in [6.07, 6.45) is 2.34. The van der Waals surface area contributed by atoms with Crippen molar-refractivity contribution >= 4 is 39.9 Å². The predicted octanol–water partition coefficient (Wildman–Crippen LogP) is 4.34. The second kappa shape index (κ2) is 13.0. The number of nitrogens with zero attached hydrogens (tertiary/aromatic N) is 1. The van der Waals surface area contributed by atoms with Crippen molar-refractivity contribution in [3.8, 4) is 11.5 Å². The molecule has 0 aliphatic carbocycles. The molecule has 3 aromatic rings. The Kier molecular flexibility index (Phi) is 9.56. The molecule has 3 aromatic carbocycles. The van der Waals surface area contributed by atoms with Crippen LogP contribution in [0.5, 0.6) is 11.5 Å². The Hall–Kier alpha value is -3.98. The molecule has 0 spiro atoms. The first-order valence-electron chi connectivity index (χ1n) is 10.9. The lowest BCUT2D eigenvalue weighted by Gasteiger charge is -2.07. The summed E-state index contributed by atoms with van der Waals surface area (Å²) < 4.78 is 11.7. The van der Waals surface area contributed by atoms with Gasteiger partial charge in [-0.1, -0.05) is 28.9 Å². The van der Waals surface area contributed by atoms with Gasteiger partial charge in [0.15, 0.2) is 0 Å². The van der Waals surface area contributed by atoms with Crippen molar-refractivity contribution in [3.63, 3.8) is 0 Å². The number of halogens is 1. The summed E-state index contributed by atoms with van der Waals surface area (Å²) in [5.74, 6) is -0.244. The van der Waals surface area contributed by atoms with Gasteiger partial charge < -0.3 is 14.8 Å². The van der Waals surface area contributed by atoms with Crippen LogP contribution < -0.4 is 20.2 Å². The van der Waals surface area contributed by atoms with Gasteiger partial charge >= 0.3 is 5.97 Å². The van der Waals surface area contributed by atoms with Gasteiger partial charge in [0.05, 0.1) is 24.9 Å². The van der Waals surface area contributed by atoms with Crippen molar-refractivity contribution in [1.82, 2.24) is 10.7 Å². The molecular weight excluding hydrogens is 514 g/mol. The number of hydrazone groups is 1. The number of carbonyl (C=O) groups excluding carboxylic acids is 3. The number of nitrogens with one attached hydrogen (secondary N) is 2. The molecule has 0 heterocycles. The van der Waals surface area contributed by atoms with E-state index in [1.807, 2.05) is 6.92 Å². The molecule has 3 rings (SSSR count). The summed E-state index contributed by atoms with van der Waals surface area (Å²) in [6.45, 7) is 2.42. The average Bonchev–Trinajstić information content (AvgIpc) is 2.87. The second-order valence-corrected chi connectivity index (χ2v) is 8.23. The van der Waals surface area contributed by atoms with Gasteiger partial charge in [0.1, 0.15) is 11.5 Å². The molecule has 0 aromatic heterocycles. The van der Waals surface area contributed by atoms with E-state index >= 15 is 0 Å². The molecule has 0 saturated heterocycles. The lowest BCUT2D eigenvalue weighted by Crippen LogP contribution is -2.34. The molecule has 35 heavy (non-hydrogen) atoms. The molecule has 0 aliphatic heterocycles. The van der Waals surface area contributed by atoms with E-state index < -0.39 is 11.9 Å². The first-order valence-corrected chi connectivity index (χ1v) is 11.6. The largest absolute Gasteiger partial charge is 0.494 e. The second-order valence-electron chi connectivity index (χ2n) is 7.32. The number of amides is 2. The van der Waals surface area contributed by atoms with Crippen molar-refractivity contribution in [2.45, 2.75) is 13.3 Å². The normalized spacial score (nSPS) is 10.6. The van der Waals surface area contributed by atoms with Crippen molar-refractivity contribution < 1.29 is 23.9 Å². The zero-order valence-corrected chi connectivity index (χ0v) is 20.6. The van der Waals surface area contributed by atoms with E-state index in [9.17, 15) is 14.4 Å². The van der Waals surface area contributed by atoms with Crippen LogP contribution in [0, 0.1) is 0 Å². The van der Waals surface area contributed by atoms with Crippen molar-refractivity contribution in [2.24, 2.45) is 5.10 Å². The van der Waals surface area contributed by atoms with Crippen LogP contribution in [0.25, 0.3) is 0 Å². The van der Waals surface area contributed by atoms with E-state index in [1.165, 1.54) is 6.21 Å². The molecule has 2 amide bonds. The van der Waals surface area contributed by atoms with Crippen LogP contribution in [0.1, 0.15) is 39.6 Å². The van der Waals surface area contributed by atoms with Gasteiger partial charge in [-0.05, 0) is 78.7 Å². The molecule has 180 valence electrons. The average molecular weight is 538 g/mol. The molecular formula is C26H24BrN3O5. The smallest absolute Gasteiger partial charge is 0.343 e. The van der Waals surface area contributed by atoms with Crippen LogP contribution in [0.2, 0.25) is 0 Å². The Bertz CT molecular complexity index is 1190. The number of esters is 1. The van der Waals surface area contributed by atoms with E-state index in [0.717, 1.165) is 10.9 Å². The number of carbonyl (C=O) groups is 3. The van der Waals surface area contributed by atoms with Gasteiger partial charge in [-0.25, -0.2) is 10.2 Å². The van der Waals surface area contributed by atoms with Gasteiger partial charge in [-0.3, -0.25) is 9.59 Å². The van der Waals surface area contributed by atoms with E-state index in [-0.39, 0.29) is 12.5 Å². The van der Waals surface area contributed by atoms with Crippen LogP contribution >= 0.6 is 15.9 Å². The standard InChI is InChI=1S/C26H24BrN3O5/c1-2-14-34-22-12-8-19(9-13-22)26(33)35-23-10-6-18(7-11-23)16-29-30-24(31)17-28-25(32)20-4-3-5-21(27)15-20/h3-13,15-16H,2,14,17H2,1H3,(H,28,32)(H,30,31). The highest BCUT2D eigenvalue weighted by atomic mass is 79.9. The van der Waals surface area contributed by atoms with Crippen molar-refractivity contribution in [2.75, 3.05) is 13.2 Å². The van der Waals surface area contributed by atoms with Crippen LogP contribution in [0.4, 0.5) is 0 Å². The summed E-state index contributed by atoms with van der Waals surface area (Å²) in [4.78, 5) is 36.3. The zero-order valence-electron chi connectivity index (χ0n) is 19.0. The third-order valence-corrected chi connectivity index (χ3v) is 5.05. The molecule has 0 fully saturated rings. The minimum atomic E-state index is -0.481. The van der Waals surface area contributed by atoms with Crippen molar-refractivity contribution in [1.29, 1.82) is 0 Å². The molecule has 9 heteroatoms. The summed E-state index contributed by atoms with van der Waals surface area (Å²) in [5.41, 5.74) is 3.88. The van der Waals surface area contributed by atoms with E-state index in [4.69, 9.17) is 9.47 Å². The van der Waals surface area contributed by atoms with Crippen LogP contribution in [-0.2, 0) is 4.79 Å². The van der Waals surface area contributed by atoms with Crippen molar-refractivity contribution in [3.05, 3.63) is 94.0 Å². The maximum absolute atomic E-state index is 12.3. The SMILES string of the molecule is CCCOc1ccc(C(=O)Oc2ccc(C=NNC(=O)CNC(=O)c3cccc(Br)c3)cc2)cc1. The predicted molar refractivity (Wildman–Crippen MR) is 136 cm³/mol. The fraction of sp³-hybridized carbons (Fsp3) is 0.154. The maximum Gasteiger partial charge on any atom is 0.343 e. The zero-order chi connectivity index (χ0) is 25.0. The fourth-order valence-corrected chi connectivity index (χ4v) is 3.20. The molecule has 0 atom stereocenters. The highest BCUT2D eigenvalue weighted by Gasteiger charge is 2.09. The Morgan fingerprint density at radius 3 is 2.34 bits per heavy atom. The minimum Gasteiger partial charge on any atom is -0.494 e.